The minimum atomic E-state index is -0.0720. The number of rotatable bonds is 10. The summed E-state index contributed by atoms with van der Waals surface area (Å²) in [4.78, 5) is 2.62. The van der Waals surface area contributed by atoms with Crippen LogP contribution in [0, 0.1) is 0 Å². The second kappa shape index (κ2) is 25.8. The van der Waals surface area contributed by atoms with Gasteiger partial charge in [0.15, 0.2) is 0 Å². The lowest BCUT2D eigenvalue weighted by atomic mass is 9.86. The van der Waals surface area contributed by atoms with E-state index in [1.54, 1.807) is 0 Å². The minimum absolute atomic E-state index is 0.0720. The molecular weight excluding hydrogens is 1480 g/mol. The summed E-state index contributed by atoms with van der Waals surface area (Å²) in [5.74, 6) is 0.0821. The van der Waals surface area contributed by atoms with E-state index in [0.29, 0.717) is 0 Å². The van der Waals surface area contributed by atoms with E-state index in [1.165, 1.54) is 143 Å². The molecule has 24 aromatic rings. The third-order valence-electron chi connectivity index (χ3n) is 27.0. The number of hydrogen-bond acceptors (Lipinski definition) is 1. The van der Waals surface area contributed by atoms with Gasteiger partial charge >= 0.3 is 0 Å². The highest BCUT2D eigenvalue weighted by molar-refractivity contribution is 6.26. The molecule has 1 aliphatic heterocycles. The maximum atomic E-state index is 2.64. The average Bonchev–Trinajstić information content (AvgIpc) is 1.55. The highest BCUT2D eigenvalue weighted by Crippen LogP contribution is 2.58. The van der Waals surface area contributed by atoms with Crippen molar-refractivity contribution in [2.75, 3.05) is 4.90 Å². The molecule has 3 aliphatic rings. The van der Waals surface area contributed by atoms with E-state index >= 15 is 0 Å². The molecule has 2 unspecified atom stereocenters. The zero-order valence-electron chi connectivity index (χ0n) is 66.4. The molecule has 7 aromatic heterocycles. The van der Waals surface area contributed by atoms with Gasteiger partial charge in [0.1, 0.15) is 0 Å². The molecule has 27 rings (SSSR count). The molecule has 0 fully saturated rings. The van der Waals surface area contributed by atoms with Gasteiger partial charge in [-0.1, -0.05) is 279 Å². The van der Waals surface area contributed by atoms with Crippen LogP contribution in [0.15, 0.2) is 400 Å². The predicted octanol–water partition coefficient (Wildman–Crippen LogP) is 29.4. The van der Waals surface area contributed by atoms with Crippen LogP contribution >= 0.6 is 0 Å². The van der Waals surface area contributed by atoms with Crippen molar-refractivity contribution < 1.29 is 0 Å². The first-order valence-electron chi connectivity index (χ1n) is 42.6. The van der Waals surface area contributed by atoms with Crippen LogP contribution in [-0.2, 0) is 6.42 Å². The Bertz CT molecular complexity index is 8630. The van der Waals surface area contributed by atoms with E-state index in [1.807, 2.05) is 0 Å². The number of para-hydroxylation sites is 11. The van der Waals surface area contributed by atoms with Gasteiger partial charge in [0, 0.05) is 133 Å². The fourth-order valence-electron chi connectivity index (χ4n) is 22.1. The summed E-state index contributed by atoms with van der Waals surface area (Å²) in [6.45, 7) is 0. The quantitative estimate of drug-likeness (QED) is 0.134. The monoisotopic (exact) mass is 1550 g/mol. The largest absolute Gasteiger partial charge is 0.331 e. The fourth-order valence-corrected chi connectivity index (χ4v) is 22.1. The first-order valence-corrected chi connectivity index (χ1v) is 42.6. The number of hydrogen-bond donors (Lipinski definition) is 0. The molecule has 2 aliphatic carbocycles. The number of nitrogens with zero attached hydrogens (tertiary/aromatic N) is 8. The molecule has 8 heterocycles. The molecule has 0 N–H and O–H groups in total. The summed E-state index contributed by atoms with van der Waals surface area (Å²) >= 11 is 0. The van der Waals surface area contributed by atoms with E-state index in [4.69, 9.17) is 0 Å². The predicted molar refractivity (Wildman–Crippen MR) is 510 cm³/mol. The molecule has 0 saturated heterocycles. The Morgan fingerprint density at radius 3 is 0.984 bits per heavy atom. The lowest BCUT2D eigenvalue weighted by Gasteiger charge is -2.33. The molecule has 8 heteroatoms. The Balaban J connectivity index is 0.735. The number of benzene rings is 17. The number of anilines is 2. The minimum Gasteiger partial charge on any atom is -0.331 e. The van der Waals surface area contributed by atoms with Crippen LogP contribution in [-0.4, -0.2) is 32.0 Å². The van der Waals surface area contributed by atoms with Gasteiger partial charge in [-0.3, -0.25) is 0 Å². The molecule has 0 spiro atoms. The van der Waals surface area contributed by atoms with Gasteiger partial charge in [0.25, 0.3) is 0 Å². The zero-order chi connectivity index (χ0) is 79.5. The molecule has 17 aromatic carbocycles. The van der Waals surface area contributed by atoms with Crippen molar-refractivity contribution in [2.45, 2.75) is 24.8 Å². The van der Waals surface area contributed by atoms with Crippen LogP contribution in [0.5, 0.6) is 0 Å². The third kappa shape index (κ3) is 9.46. The smallest absolute Gasteiger partial charge is 0.0856 e. The Hall–Kier alpha value is -15.9. The van der Waals surface area contributed by atoms with Gasteiger partial charge in [-0.15, -0.1) is 0 Å². The van der Waals surface area contributed by atoms with Gasteiger partial charge < -0.3 is 36.9 Å². The van der Waals surface area contributed by atoms with Gasteiger partial charge in [0.2, 0.25) is 0 Å². The van der Waals surface area contributed by atoms with Crippen molar-refractivity contribution in [3.63, 3.8) is 0 Å². The SMILES string of the molecule is C1=Cc2c(c3ccc4c5ccccc5n(-c5ccccc5)c4c3n2-c2cc(-c3ccc(-c4cc(-n5c6c(c7ccccc75)C=CC5c7ccccc7N(c7ccccc7)C65)cc(-n5c6ccccc6c6ccc7c8ccccc8n(-c8ccccc8)c7c65)c4)cc3)cc(-n3c4ccccc4c4ccc5c6ccccc6n(-c6ccccc6)c5c43)c2)CC1. The van der Waals surface area contributed by atoms with Crippen molar-refractivity contribution >= 4 is 154 Å². The second-order valence-electron chi connectivity index (χ2n) is 33.3. The van der Waals surface area contributed by atoms with Gasteiger partial charge in [-0.25, -0.2) is 0 Å². The zero-order valence-corrected chi connectivity index (χ0v) is 66.4. The Labute approximate surface area is 701 Å². The third-order valence-corrected chi connectivity index (χ3v) is 27.0. The van der Waals surface area contributed by atoms with Crippen molar-refractivity contribution in [2.24, 2.45) is 0 Å². The van der Waals surface area contributed by atoms with Crippen LogP contribution < -0.4 is 4.90 Å². The van der Waals surface area contributed by atoms with Crippen LogP contribution in [0.4, 0.5) is 11.4 Å². The first kappa shape index (κ1) is 67.2. The maximum Gasteiger partial charge on any atom is 0.0856 e. The summed E-state index contributed by atoms with van der Waals surface area (Å²) in [6, 6.07) is 146. The topological polar surface area (TPSA) is 37.8 Å². The van der Waals surface area contributed by atoms with Crippen LogP contribution in [0.2, 0.25) is 0 Å². The van der Waals surface area contributed by atoms with Gasteiger partial charge in [-0.2, -0.15) is 0 Å². The lowest BCUT2D eigenvalue weighted by Crippen LogP contribution is -2.26. The Morgan fingerprint density at radius 1 is 0.230 bits per heavy atom. The molecule has 0 amide bonds. The highest BCUT2D eigenvalue weighted by Gasteiger charge is 2.44. The summed E-state index contributed by atoms with van der Waals surface area (Å²) in [6.07, 6.45) is 11.6. The average molecular weight is 1560 g/mol. The van der Waals surface area contributed by atoms with E-state index in [0.717, 1.165) is 102 Å². The van der Waals surface area contributed by atoms with E-state index in [9.17, 15) is 0 Å². The van der Waals surface area contributed by atoms with Crippen molar-refractivity contribution in [1.29, 1.82) is 0 Å². The van der Waals surface area contributed by atoms with Crippen LogP contribution in [0.25, 0.3) is 205 Å². The number of allylic oxidation sites excluding steroid dienone is 1. The standard InChI is InChI=1S/C114H74N8/c1-5-29-75(30-6-1)115-99-45-21-13-37-83(99)91-57-61-95-87-41-17-25-49-103(87)119(111(95)107(91)115)79-65-73(66-80(69-79)120-104-50-26-18-42-88(104)96-62-58-92-84-38-14-22-46-100(84)116(108(92)112(96)120)76-31-7-2-8-32-76)71-53-55-72(56-54-71)74-67-81(121-105-51-27-19-43-89(105)97-63-59-93-85-39-15-23-47-101(85)117(109(93)113(97)121)77-33-9-3-10-34-77)70-82(68-74)122-106-52-28-20-44-90(106)98-64-60-94-86-40-16-24-48-102(86)118(110(94)114(98)122)78-35-11-4-12-36-78/h1-19,21-43,45-70,91,107H,20,44H2. The molecule has 0 radical (unpaired) electrons. The summed E-state index contributed by atoms with van der Waals surface area (Å²) in [5, 5.41) is 14.6. The Kier molecular flexibility index (Phi) is 14.2. The fraction of sp³-hybridized carbons (Fsp3) is 0.0351. The van der Waals surface area contributed by atoms with E-state index < -0.39 is 0 Å². The van der Waals surface area contributed by atoms with Gasteiger partial charge in [-0.05, 0) is 180 Å². The molecule has 0 bridgehead atoms. The summed E-state index contributed by atoms with van der Waals surface area (Å²) < 4.78 is 18.0. The Morgan fingerprint density at radius 2 is 0.557 bits per heavy atom. The maximum absolute atomic E-state index is 2.64. The van der Waals surface area contributed by atoms with Crippen LogP contribution in [0.3, 0.4) is 0 Å². The van der Waals surface area contributed by atoms with Gasteiger partial charge in [0.05, 0.1) is 77.9 Å². The number of fused-ring (bicyclic) bond motifs is 28. The van der Waals surface area contributed by atoms with Crippen molar-refractivity contribution in [1.82, 2.24) is 32.0 Å². The number of aromatic nitrogens is 7. The summed E-state index contributed by atoms with van der Waals surface area (Å²) in [7, 11) is 0. The normalized spacial score (nSPS) is 14.4. The second-order valence-corrected chi connectivity index (χ2v) is 33.3. The highest BCUT2D eigenvalue weighted by atomic mass is 15.2. The molecule has 8 nitrogen and oxygen atoms in total. The molecule has 0 saturated carbocycles. The lowest BCUT2D eigenvalue weighted by molar-refractivity contribution is 0.636. The van der Waals surface area contributed by atoms with Crippen LogP contribution in [0.1, 0.15) is 46.5 Å². The molecule has 570 valence electrons. The molecular formula is C114H74N8. The van der Waals surface area contributed by atoms with Crippen molar-refractivity contribution in [3.05, 3.63) is 428 Å². The first-order chi connectivity index (χ1) is 60.6. The number of aryl methyl sites for hydroxylation is 1. The van der Waals surface area contributed by atoms with E-state index in [2.05, 4.69) is 449 Å². The molecule has 122 heavy (non-hydrogen) atoms. The molecule has 2 atom stereocenters. The van der Waals surface area contributed by atoms with Crippen molar-refractivity contribution in [3.8, 4) is 62.1 Å². The summed E-state index contributed by atoms with van der Waals surface area (Å²) in [5.41, 5.74) is 34.9. The van der Waals surface area contributed by atoms with E-state index in [-0.39, 0.29) is 12.0 Å².